The van der Waals surface area contributed by atoms with E-state index < -0.39 is 0 Å². The third-order valence-electron chi connectivity index (χ3n) is 2.96. The Morgan fingerprint density at radius 2 is 2.12 bits per heavy atom. The molecular formula is C13H10ClNOS. The first kappa shape index (κ1) is 10.8. The van der Waals surface area contributed by atoms with Gasteiger partial charge >= 0.3 is 0 Å². The third-order valence-corrected chi connectivity index (χ3v) is 4.33. The number of hydrogen-bond acceptors (Lipinski definition) is 2. The van der Waals surface area contributed by atoms with Crippen LogP contribution in [0.25, 0.3) is 0 Å². The summed E-state index contributed by atoms with van der Waals surface area (Å²) in [6, 6.07) is 9.68. The number of rotatable bonds is 1. The van der Waals surface area contributed by atoms with Gasteiger partial charge in [0.05, 0.1) is 5.69 Å². The maximum Gasteiger partial charge on any atom is 0.225 e. The number of fused-ring (bicyclic) bond motifs is 1. The van der Waals surface area contributed by atoms with Gasteiger partial charge in [-0.25, -0.2) is 0 Å². The molecule has 1 aromatic carbocycles. The molecule has 1 aromatic heterocycles. The van der Waals surface area contributed by atoms with Crippen LogP contribution in [0.2, 0.25) is 5.02 Å². The highest BCUT2D eigenvalue weighted by molar-refractivity contribution is 7.10. The molecule has 0 radical (unpaired) electrons. The Morgan fingerprint density at radius 1 is 1.29 bits per heavy atom. The lowest BCUT2D eigenvalue weighted by molar-refractivity contribution is -0.116. The number of nitrogens with one attached hydrogen (secondary N) is 1. The van der Waals surface area contributed by atoms with Crippen molar-refractivity contribution in [1.82, 2.24) is 0 Å². The van der Waals surface area contributed by atoms with E-state index in [1.165, 1.54) is 4.88 Å². The van der Waals surface area contributed by atoms with Crippen LogP contribution in [0.15, 0.2) is 35.7 Å². The molecule has 0 fully saturated rings. The van der Waals surface area contributed by atoms with E-state index in [1.807, 2.05) is 35.7 Å². The molecule has 0 saturated carbocycles. The predicted octanol–water partition coefficient (Wildman–Crippen LogP) is 3.88. The molecule has 2 aromatic rings. The topological polar surface area (TPSA) is 29.1 Å². The first-order chi connectivity index (χ1) is 8.25. The van der Waals surface area contributed by atoms with Crippen LogP contribution in [0.3, 0.4) is 0 Å². The Bertz CT molecular complexity index is 578. The van der Waals surface area contributed by atoms with Gasteiger partial charge in [-0.15, -0.1) is 11.3 Å². The van der Waals surface area contributed by atoms with Gasteiger partial charge in [-0.2, -0.15) is 0 Å². The van der Waals surface area contributed by atoms with Crippen LogP contribution >= 0.6 is 22.9 Å². The highest BCUT2D eigenvalue weighted by Gasteiger charge is 2.28. The zero-order chi connectivity index (χ0) is 11.8. The smallest absolute Gasteiger partial charge is 0.225 e. The lowest BCUT2D eigenvalue weighted by Gasteiger charge is -2.23. The molecule has 1 N–H and O–H groups in total. The second kappa shape index (κ2) is 4.17. The van der Waals surface area contributed by atoms with Crippen molar-refractivity contribution in [2.45, 2.75) is 12.3 Å². The Hall–Kier alpha value is -1.32. The summed E-state index contributed by atoms with van der Waals surface area (Å²) in [6.45, 7) is 0. The number of hydrogen-bond donors (Lipinski definition) is 1. The van der Waals surface area contributed by atoms with Crippen LogP contribution in [0.1, 0.15) is 22.8 Å². The van der Waals surface area contributed by atoms with E-state index in [0.29, 0.717) is 6.42 Å². The Kier molecular flexibility index (Phi) is 2.65. The van der Waals surface area contributed by atoms with Crippen LogP contribution in [0, 0.1) is 0 Å². The molecule has 1 amide bonds. The molecule has 0 bridgehead atoms. The van der Waals surface area contributed by atoms with Crippen molar-refractivity contribution in [3.05, 3.63) is 51.2 Å². The van der Waals surface area contributed by atoms with Gasteiger partial charge in [0.25, 0.3) is 0 Å². The van der Waals surface area contributed by atoms with Crippen LogP contribution < -0.4 is 5.32 Å². The van der Waals surface area contributed by atoms with E-state index in [-0.39, 0.29) is 11.8 Å². The van der Waals surface area contributed by atoms with Crippen molar-refractivity contribution in [3.8, 4) is 0 Å². The molecule has 0 saturated heterocycles. The van der Waals surface area contributed by atoms with Crippen molar-refractivity contribution >= 4 is 34.5 Å². The number of carbonyl (C=O) groups excluding carboxylic acids is 1. The highest BCUT2D eigenvalue weighted by atomic mass is 35.5. The molecule has 17 heavy (non-hydrogen) atoms. The van der Waals surface area contributed by atoms with Crippen molar-refractivity contribution in [2.75, 3.05) is 5.32 Å². The van der Waals surface area contributed by atoms with Crippen LogP contribution in [0.4, 0.5) is 5.69 Å². The molecule has 1 unspecified atom stereocenters. The Labute approximate surface area is 108 Å². The lowest BCUT2D eigenvalue weighted by Crippen LogP contribution is -2.22. The van der Waals surface area contributed by atoms with Crippen molar-refractivity contribution in [1.29, 1.82) is 0 Å². The van der Waals surface area contributed by atoms with Crippen LogP contribution in [0.5, 0.6) is 0 Å². The SMILES string of the molecule is O=C1CC(c2ccccc2Cl)c2sccc2N1. The van der Waals surface area contributed by atoms with E-state index in [0.717, 1.165) is 16.3 Å². The maximum atomic E-state index is 11.7. The van der Waals surface area contributed by atoms with Gasteiger partial charge in [-0.05, 0) is 23.1 Å². The zero-order valence-electron chi connectivity index (χ0n) is 8.94. The van der Waals surface area contributed by atoms with E-state index in [1.54, 1.807) is 11.3 Å². The Morgan fingerprint density at radius 3 is 2.94 bits per heavy atom. The van der Waals surface area contributed by atoms with Crippen LogP contribution in [-0.2, 0) is 4.79 Å². The second-order valence-electron chi connectivity index (χ2n) is 4.02. The quantitative estimate of drug-likeness (QED) is 0.831. The zero-order valence-corrected chi connectivity index (χ0v) is 10.5. The summed E-state index contributed by atoms with van der Waals surface area (Å²) in [5.74, 6) is 0.147. The maximum absolute atomic E-state index is 11.7. The third kappa shape index (κ3) is 1.85. The van der Waals surface area contributed by atoms with Gasteiger partial charge in [-0.3, -0.25) is 4.79 Å². The van der Waals surface area contributed by atoms with Gasteiger partial charge in [-0.1, -0.05) is 29.8 Å². The second-order valence-corrected chi connectivity index (χ2v) is 5.38. The van der Waals surface area contributed by atoms with E-state index >= 15 is 0 Å². The summed E-state index contributed by atoms with van der Waals surface area (Å²) in [7, 11) is 0. The highest BCUT2D eigenvalue weighted by Crippen LogP contribution is 2.42. The number of halogens is 1. The molecule has 1 aliphatic rings. The number of anilines is 1. The molecule has 86 valence electrons. The summed E-state index contributed by atoms with van der Waals surface area (Å²) in [6.07, 6.45) is 0.469. The monoisotopic (exact) mass is 263 g/mol. The molecule has 0 spiro atoms. The van der Waals surface area contributed by atoms with Crippen molar-refractivity contribution < 1.29 is 4.79 Å². The normalized spacial score (nSPS) is 18.6. The first-order valence-corrected chi connectivity index (χ1v) is 6.63. The largest absolute Gasteiger partial charge is 0.325 e. The summed E-state index contributed by atoms with van der Waals surface area (Å²) >= 11 is 7.88. The minimum Gasteiger partial charge on any atom is -0.325 e. The molecule has 4 heteroatoms. The fourth-order valence-corrected chi connectivity index (χ4v) is 3.42. The Balaban J connectivity index is 2.11. The predicted molar refractivity (Wildman–Crippen MR) is 70.9 cm³/mol. The lowest BCUT2D eigenvalue weighted by atomic mass is 9.91. The van der Waals surface area contributed by atoms with Gasteiger partial charge in [0.2, 0.25) is 5.91 Å². The fraction of sp³-hybridized carbons (Fsp3) is 0.154. The molecule has 0 aliphatic carbocycles. The molecule has 1 atom stereocenters. The molecule has 3 rings (SSSR count). The average molecular weight is 264 g/mol. The number of carbonyl (C=O) groups is 1. The summed E-state index contributed by atoms with van der Waals surface area (Å²) in [5.41, 5.74) is 1.96. The van der Waals surface area contributed by atoms with Crippen molar-refractivity contribution in [3.63, 3.8) is 0 Å². The molecule has 1 aliphatic heterocycles. The van der Waals surface area contributed by atoms with Crippen LogP contribution in [-0.4, -0.2) is 5.91 Å². The minimum absolute atomic E-state index is 0.0563. The molecule has 2 heterocycles. The summed E-state index contributed by atoms with van der Waals surface area (Å²) in [4.78, 5) is 12.9. The molecular weight excluding hydrogens is 254 g/mol. The summed E-state index contributed by atoms with van der Waals surface area (Å²) in [5, 5.41) is 5.62. The van der Waals surface area contributed by atoms with Gasteiger partial charge in [0.15, 0.2) is 0 Å². The van der Waals surface area contributed by atoms with E-state index in [4.69, 9.17) is 11.6 Å². The average Bonchev–Trinajstić information content (AvgIpc) is 2.76. The van der Waals surface area contributed by atoms with E-state index in [9.17, 15) is 4.79 Å². The minimum atomic E-state index is 0.0563. The summed E-state index contributed by atoms with van der Waals surface area (Å²) < 4.78 is 0. The van der Waals surface area contributed by atoms with Gasteiger partial charge < -0.3 is 5.32 Å². The number of benzene rings is 1. The van der Waals surface area contributed by atoms with Crippen molar-refractivity contribution in [2.24, 2.45) is 0 Å². The molecule has 2 nitrogen and oxygen atoms in total. The fourth-order valence-electron chi connectivity index (χ4n) is 2.18. The number of thiophene rings is 1. The number of amides is 1. The standard InChI is InChI=1S/C13H10ClNOS/c14-10-4-2-1-3-8(10)9-7-12(16)15-11-5-6-17-13(9)11/h1-6,9H,7H2,(H,15,16). The van der Waals surface area contributed by atoms with Gasteiger partial charge in [0, 0.05) is 22.2 Å². The first-order valence-electron chi connectivity index (χ1n) is 5.37. The van der Waals surface area contributed by atoms with Gasteiger partial charge in [0.1, 0.15) is 0 Å². The van der Waals surface area contributed by atoms with E-state index in [2.05, 4.69) is 5.32 Å².